The van der Waals surface area contributed by atoms with Crippen molar-refractivity contribution in [3.63, 3.8) is 0 Å². The van der Waals surface area contributed by atoms with Crippen molar-refractivity contribution in [3.05, 3.63) is 65.9 Å². The third kappa shape index (κ3) is 5.17. The molecule has 1 heterocycles. The highest BCUT2D eigenvalue weighted by atomic mass is 16.2. The summed E-state index contributed by atoms with van der Waals surface area (Å²) in [5.41, 5.74) is 3.63. The van der Waals surface area contributed by atoms with Gasteiger partial charge in [0.2, 0.25) is 17.7 Å². The summed E-state index contributed by atoms with van der Waals surface area (Å²) in [5, 5.41) is 9.72. The van der Waals surface area contributed by atoms with Crippen molar-refractivity contribution in [1.82, 2.24) is 15.6 Å². The summed E-state index contributed by atoms with van der Waals surface area (Å²) in [6, 6.07) is 14.4. The lowest BCUT2D eigenvalue weighted by molar-refractivity contribution is -0.128. The smallest absolute Gasteiger partial charge is 0.243 e. The molecule has 1 aliphatic rings. The van der Waals surface area contributed by atoms with Gasteiger partial charge in [0.25, 0.3) is 0 Å². The van der Waals surface area contributed by atoms with Crippen LogP contribution in [0.1, 0.15) is 43.9 Å². The summed E-state index contributed by atoms with van der Waals surface area (Å²) < 4.78 is 0. The fourth-order valence-corrected chi connectivity index (χ4v) is 3.82. The number of benzene rings is 2. The van der Waals surface area contributed by atoms with Crippen molar-refractivity contribution < 1.29 is 14.4 Å². The summed E-state index contributed by atoms with van der Waals surface area (Å²) in [4.78, 5) is 39.9. The molecule has 4 N–H and O–H groups in total. The molecule has 0 radical (unpaired) electrons. The Balaban J connectivity index is 1.41. The van der Waals surface area contributed by atoms with Gasteiger partial charge in [0.05, 0.1) is 6.04 Å². The maximum atomic E-state index is 13.0. The van der Waals surface area contributed by atoms with E-state index in [4.69, 9.17) is 0 Å². The minimum absolute atomic E-state index is 0.0644. The van der Waals surface area contributed by atoms with Gasteiger partial charge < -0.3 is 20.9 Å². The molecule has 2 atom stereocenters. The van der Waals surface area contributed by atoms with E-state index in [-0.39, 0.29) is 29.7 Å². The van der Waals surface area contributed by atoms with Crippen LogP contribution in [-0.2, 0) is 20.8 Å². The second-order valence-electron chi connectivity index (χ2n) is 8.43. The number of carbonyl (C=O) groups excluding carboxylic acids is 3. The highest BCUT2D eigenvalue weighted by Crippen LogP contribution is 2.30. The zero-order chi connectivity index (χ0) is 22.7. The van der Waals surface area contributed by atoms with Crippen LogP contribution in [0.4, 0.5) is 5.69 Å². The van der Waals surface area contributed by atoms with Crippen molar-refractivity contribution in [1.29, 1.82) is 0 Å². The number of hydrogen-bond acceptors (Lipinski definition) is 3. The Morgan fingerprint density at radius 3 is 2.44 bits per heavy atom. The first-order valence-electron chi connectivity index (χ1n) is 10.9. The Hall–Kier alpha value is -3.61. The maximum Gasteiger partial charge on any atom is 0.243 e. The molecule has 32 heavy (non-hydrogen) atoms. The number of carbonyl (C=O) groups is 3. The van der Waals surface area contributed by atoms with Crippen molar-refractivity contribution in [3.8, 4) is 0 Å². The van der Waals surface area contributed by atoms with Crippen molar-refractivity contribution >= 4 is 34.3 Å². The molecular weight excluding hydrogens is 404 g/mol. The van der Waals surface area contributed by atoms with Crippen LogP contribution in [-0.4, -0.2) is 28.7 Å². The summed E-state index contributed by atoms with van der Waals surface area (Å²) >= 11 is 0. The van der Waals surface area contributed by atoms with Crippen LogP contribution in [0, 0.1) is 5.92 Å². The highest BCUT2D eigenvalue weighted by molar-refractivity contribution is 5.94. The fraction of sp³-hybridized carbons (Fsp3) is 0.320. The zero-order valence-electron chi connectivity index (χ0n) is 18.3. The van der Waals surface area contributed by atoms with E-state index in [1.807, 2.05) is 61.7 Å². The van der Waals surface area contributed by atoms with E-state index in [0.717, 1.165) is 40.6 Å². The number of aromatic nitrogens is 1. The number of H-pyrrole nitrogens is 1. The number of fused-ring (bicyclic) bond motifs is 1. The number of hydrogen-bond donors (Lipinski definition) is 4. The average molecular weight is 433 g/mol. The summed E-state index contributed by atoms with van der Waals surface area (Å²) in [7, 11) is 0. The maximum absolute atomic E-state index is 13.0. The van der Waals surface area contributed by atoms with Crippen molar-refractivity contribution in [2.75, 3.05) is 5.32 Å². The number of aromatic amines is 1. The van der Waals surface area contributed by atoms with E-state index >= 15 is 0 Å². The van der Waals surface area contributed by atoms with Gasteiger partial charge >= 0.3 is 0 Å². The number of rotatable bonds is 8. The largest absolute Gasteiger partial charge is 0.361 e. The van der Waals surface area contributed by atoms with Crippen LogP contribution in [0.2, 0.25) is 0 Å². The summed E-state index contributed by atoms with van der Waals surface area (Å²) in [6.45, 7) is 3.31. The van der Waals surface area contributed by atoms with Crippen LogP contribution < -0.4 is 16.0 Å². The predicted octanol–water partition coefficient (Wildman–Crippen LogP) is 3.44. The van der Waals surface area contributed by atoms with Gasteiger partial charge in [-0.1, -0.05) is 30.3 Å². The molecule has 0 bridgehead atoms. The number of para-hydroxylation sites is 1. The summed E-state index contributed by atoms with van der Waals surface area (Å²) in [5.74, 6) is -0.289. The quantitative estimate of drug-likeness (QED) is 0.438. The fourth-order valence-electron chi connectivity index (χ4n) is 3.82. The minimum atomic E-state index is -0.689. The van der Waals surface area contributed by atoms with Crippen LogP contribution in [0.3, 0.4) is 0 Å². The first kappa shape index (κ1) is 21.6. The van der Waals surface area contributed by atoms with Crippen LogP contribution in [0.5, 0.6) is 0 Å². The molecule has 1 aromatic heterocycles. The molecule has 3 aromatic rings. The van der Waals surface area contributed by atoms with Crippen molar-refractivity contribution in [2.45, 2.75) is 45.2 Å². The first-order valence-corrected chi connectivity index (χ1v) is 10.9. The SMILES string of the molecule is CC(=O)N[C@H](Cc1c[nH]c2ccccc12)C(=O)N[C@H](C)c1ccc(NC(=O)C2CC2)cc1. The van der Waals surface area contributed by atoms with Gasteiger partial charge in [0.15, 0.2) is 0 Å². The van der Waals surface area contributed by atoms with E-state index in [1.54, 1.807) is 0 Å². The third-order valence-corrected chi connectivity index (χ3v) is 5.78. The second-order valence-corrected chi connectivity index (χ2v) is 8.43. The van der Waals surface area contributed by atoms with E-state index in [2.05, 4.69) is 20.9 Å². The lowest BCUT2D eigenvalue weighted by Gasteiger charge is -2.21. The lowest BCUT2D eigenvalue weighted by atomic mass is 10.0. The van der Waals surface area contributed by atoms with Gasteiger partial charge in [0, 0.05) is 42.0 Å². The highest BCUT2D eigenvalue weighted by Gasteiger charge is 2.29. The normalized spacial score (nSPS) is 15.1. The predicted molar refractivity (Wildman–Crippen MR) is 124 cm³/mol. The molecule has 2 aromatic carbocycles. The van der Waals surface area contributed by atoms with E-state index in [0.29, 0.717) is 6.42 Å². The molecule has 0 unspecified atom stereocenters. The van der Waals surface area contributed by atoms with Gasteiger partial charge in [0.1, 0.15) is 6.04 Å². The molecular formula is C25H28N4O3. The molecule has 3 amide bonds. The molecule has 7 heteroatoms. The van der Waals surface area contributed by atoms with Crippen molar-refractivity contribution in [2.24, 2.45) is 5.92 Å². The topological polar surface area (TPSA) is 103 Å². The van der Waals surface area contributed by atoms with E-state index in [1.165, 1.54) is 6.92 Å². The molecule has 4 rings (SSSR count). The van der Waals surface area contributed by atoms with Gasteiger partial charge in [-0.25, -0.2) is 0 Å². The van der Waals surface area contributed by atoms with E-state index < -0.39 is 6.04 Å². The minimum Gasteiger partial charge on any atom is -0.361 e. The third-order valence-electron chi connectivity index (χ3n) is 5.78. The molecule has 0 spiro atoms. The first-order chi connectivity index (χ1) is 15.4. The standard InChI is InChI=1S/C25H28N4O3/c1-15(17-9-11-20(12-10-17)29-24(31)18-7-8-18)27-25(32)23(28-16(2)30)13-19-14-26-22-6-4-3-5-21(19)22/h3-6,9-12,14-15,18,23,26H,7-8,13H2,1-2H3,(H,27,32)(H,28,30)(H,29,31)/t15-,23-/m1/s1. The average Bonchev–Trinajstić information content (AvgIpc) is 3.55. The number of amides is 3. The molecule has 7 nitrogen and oxygen atoms in total. The van der Waals surface area contributed by atoms with Crippen LogP contribution >= 0.6 is 0 Å². The number of nitrogens with one attached hydrogen (secondary N) is 4. The Morgan fingerprint density at radius 1 is 1.03 bits per heavy atom. The van der Waals surface area contributed by atoms with Gasteiger partial charge in [-0.15, -0.1) is 0 Å². The Kier molecular flexibility index (Phi) is 6.25. The molecule has 166 valence electrons. The van der Waals surface area contributed by atoms with Gasteiger partial charge in [-0.05, 0) is 49.1 Å². The van der Waals surface area contributed by atoms with Crippen LogP contribution in [0.25, 0.3) is 10.9 Å². The molecule has 0 saturated heterocycles. The zero-order valence-corrected chi connectivity index (χ0v) is 18.3. The molecule has 1 aliphatic carbocycles. The van der Waals surface area contributed by atoms with E-state index in [9.17, 15) is 14.4 Å². The Morgan fingerprint density at radius 2 is 1.75 bits per heavy atom. The molecule has 1 fully saturated rings. The monoisotopic (exact) mass is 432 g/mol. The number of anilines is 1. The van der Waals surface area contributed by atoms with Gasteiger partial charge in [-0.3, -0.25) is 14.4 Å². The molecule has 0 aliphatic heterocycles. The Bertz CT molecular complexity index is 1130. The second kappa shape index (κ2) is 9.26. The Labute approximate surface area is 187 Å². The van der Waals surface area contributed by atoms with Crippen LogP contribution in [0.15, 0.2) is 54.7 Å². The molecule has 1 saturated carbocycles. The lowest BCUT2D eigenvalue weighted by Crippen LogP contribution is -2.47. The summed E-state index contributed by atoms with van der Waals surface area (Å²) in [6.07, 6.45) is 4.18. The van der Waals surface area contributed by atoms with Gasteiger partial charge in [-0.2, -0.15) is 0 Å².